The summed E-state index contributed by atoms with van der Waals surface area (Å²) in [5.41, 5.74) is -1.90. The van der Waals surface area contributed by atoms with Crippen LogP contribution in [-0.4, -0.2) is 18.5 Å². The highest BCUT2D eigenvalue weighted by molar-refractivity contribution is 5.91. The van der Waals surface area contributed by atoms with E-state index in [1.54, 1.807) is 0 Å². The molecule has 0 amide bonds. The standard InChI is InChI=1S/C6H6N2O2/c1-5(9)6(3-7,4-8)10-2/h1-2H3. The Labute approximate surface area is 58.6 Å². The quantitative estimate of drug-likeness (QED) is 0.538. The molecule has 4 nitrogen and oxygen atoms in total. The van der Waals surface area contributed by atoms with Gasteiger partial charge in [0.2, 0.25) is 0 Å². The maximum atomic E-state index is 10.6. The Kier molecular flexibility index (Phi) is 2.54. The second-order valence-electron chi connectivity index (χ2n) is 1.67. The van der Waals surface area contributed by atoms with E-state index in [0.29, 0.717) is 0 Å². The van der Waals surface area contributed by atoms with Gasteiger partial charge in [-0.2, -0.15) is 10.5 Å². The van der Waals surface area contributed by atoms with Gasteiger partial charge in [-0.25, -0.2) is 0 Å². The molecule has 0 spiro atoms. The molecule has 4 heteroatoms. The summed E-state index contributed by atoms with van der Waals surface area (Å²) in [7, 11) is 1.15. The Morgan fingerprint density at radius 1 is 1.50 bits per heavy atom. The van der Waals surface area contributed by atoms with Crippen LogP contribution in [0, 0.1) is 22.7 Å². The molecule has 0 N–H and O–H groups in total. The third-order valence-electron chi connectivity index (χ3n) is 1.12. The topological polar surface area (TPSA) is 73.9 Å². The zero-order chi connectivity index (χ0) is 8.20. The Balaban J connectivity index is 4.75. The van der Waals surface area contributed by atoms with E-state index in [1.807, 2.05) is 0 Å². The van der Waals surface area contributed by atoms with Gasteiger partial charge in [0.05, 0.1) is 0 Å². The van der Waals surface area contributed by atoms with Crippen molar-refractivity contribution in [2.45, 2.75) is 12.5 Å². The Morgan fingerprint density at radius 3 is 1.90 bits per heavy atom. The third kappa shape index (κ3) is 1.12. The molecule has 0 aromatic heterocycles. The molecule has 10 heavy (non-hydrogen) atoms. The molecule has 0 rings (SSSR count). The number of methoxy groups -OCH3 is 1. The maximum absolute atomic E-state index is 10.6. The van der Waals surface area contributed by atoms with E-state index in [0.717, 1.165) is 14.0 Å². The van der Waals surface area contributed by atoms with Crippen LogP contribution in [0.4, 0.5) is 0 Å². The summed E-state index contributed by atoms with van der Waals surface area (Å²) in [6.45, 7) is 1.13. The predicted octanol–water partition coefficient (Wildman–Crippen LogP) is 0.00776. The van der Waals surface area contributed by atoms with Crippen molar-refractivity contribution in [3.05, 3.63) is 0 Å². The first kappa shape index (κ1) is 8.61. The van der Waals surface area contributed by atoms with Crippen LogP contribution in [0.1, 0.15) is 6.92 Å². The van der Waals surface area contributed by atoms with Gasteiger partial charge in [-0.05, 0) is 6.92 Å². The van der Waals surface area contributed by atoms with Crippen LogP contribution in [0.3, 0.4) is 0 Å². The molecule has 0 radical (unpaired) electrons. The first-order chi connectivity index (χ1) is 4.63. The number of carbonyl (C=O) groups is 1. The van der Waals surface area contributed by atoms with E-state index in [9.17, 15) is 4.79 Å². The van der Waals surface area contributed by atoms with Gasteiger partial charge in [0, 0.05) is 7.11 Å². The first-order valence-electron chi connectivity index (χ1n) is 2.51. The maximum Gasteiger partial charge on any atom is 0.299 e. The minimum Gasteiger partial charge on any atom is -0.346 e. The van der Waals surface area contributed by atoms with Crippen molar-refractivity contribution in [1.29, 1.82) is 10.5 Å². The zero-order valence-corrected chi connectivity index (χ0v) is 5.71. The van der Waals surface area contributed by atoms with Gasteiger partial charge in [-0.15, -0.1) is 0 Å². The van der Waals surface area contributed by atoms with Gasteiger partial charge >= 0.3 is 0 Å². The lowest BCUT2D eigenvalue weighted by Gasteiger charge is -2.10. The lowest BCUT2D eigenvalue weighted by atomic mass is 10.0. The van der Waals surface area contributed by atoms with Crippen molar-refractivity contribution >= 4 is 5.78 Å². The van der Waals surface area contributed by atoms with E-state index < -0.39 is 11.4 Å². The summed E-state index contributed by atoms with van der Waals surface area (Å²) in [4.78, 5) is 10.6. The molecule has 0 saturated heterocycles. The summed E-state index contributed by atoms with van der Waals surface area (Å²) >= 11 is 0. The summed E-state index contributed by atoms with van der Waals surface area (Å²) in [5, 5.41) is 16.7. The molecular weight excluding hydrogens is 132 g/mol. The molecule has 52 valence electrons. The average molecular weight is 138 g/mol. The van der Waals surface area contributed by atoms with Crippen LogP contribution in [0.15, 0.2) is 0 Å². The number of nitriles is 2. The molecule has 0 unspecified atom stereocenters. The second-order valence-corrected chi connectivity index (χ2v) is 1.67. The van der Waals surface area contributed by atoms with E-state index >= 15 is 0 Å². The second kappa shape index (κ2) is 2.95. The first-order valence-corrected chi connectivity index (χ1v) is 2.51. The molecule has 0 aliphatic heterocycles. The fourth-order valence-corrected chi connectivity index (χ4v) is 0.417. The lowest BCUT2D eigenvalue weighted by Crippen LogP contribution is -2.35. The van der Waals surface area contributed by atoms with Gasteiger partial charge in [0.1, 0.15) is 12.1 Å². The molecule has 0 saturated carbocycles. The number of ether oxygens (including phenoxy) is 1. The number of carbonyl (C=O) groups excluding carboxylic acids is 1. The number of rotatable bonds is 2. The minimum atomic E-state index is -1.90. The highest BCUT2D eigenvalue weighted by Gasteiger charge is 2.35. The van der Waals surface area contributed by atoms with E-state index in [4.69, 9.17) is 10.5 Å². The summed E-state index contributed by atoms with van der Waals surface area (Å²) in [6, 6.07) is 2.96. The SMILES string of the molecule is COC(C#N)(C#N)C(C)=O. The molecule has 0 atom stereocenters. The predicted molar refractivity (Wildman–Crippen MR) is 31.6 cm³/mol. The van der Waals surface area contributed by atoms with Crippen molar-refractivity contribution in [1.82, 2.24) is 0 Å². The normalized spacial score (nSPS) is 9.60. The van der Waals surface area contributed by atoms with Crippen molar-refractivity contribution in [2.75, 3.05) is 7.11 Å². The molecular formula is C6H6N2O2. The smallest absolute Gasteiger partial charge is 0.299 e. The Hall–Kier alpha value is -1.39. The number of Topliss-reactive ketones (excluding diaryl/α,β-unsaturated/α-hetero) is 1. The van der Waals surface area contributed by atoms with Crippen molar-refractivity contribution in [2.24, 2.45) is 0 Å². The average Bonchev–Trinajstić information content (AvgIpc) is 1.92. The van der Waals surface area contributed by atoms with Crippen molar-refractivity contribution in [3.8, 4) is 12.1 Å². The van der Waals surface area contributed by atoms with Gasteiger partial charge in [0.25, 0.3) is 5.60 Å². The summed E-state index contributed by atoms with van der Waals surface area (Å²) in [5.74, 6) is -0.597. The highest BCUT2D eigenvalue weighted by atomic mass is 16.5. The van der Waals surface area contributed by atoms with Crippen LogP contribution < -0.4 is 0 Å². The molecule has 0 aliphatic rings. The fourth-order valence-electron chi connectivity index (χ4n) is 0.417. The van der Waals surface area contributed by atoms with E-state index in [2.05, 4.69) is 4.74 Å². The van der Waals surface area contributed by atoms with Gasteiger partial charge in [-0.1, -0.05) is 0 Å². The van der Waals surface area contributed by atoms with Gasteiger partial charge in [0.15, 0.2) is 5.78 Å². The van der Waals surface area contributed by atoms with Crippen LogP contribution in [0.2, 0.25) is 0 Å². The number of nitrogens with zero attached hydrogens (tertiary/aromatic N) is 2. The Morgan fingerprint density at radius 2 is 1.90 bits per heavy atom. The van der Waals surface area contributed by atoms with Gasteiger partial charge in [-0.3, -0.25) is 4.79 Å². The highest BCUT2D eigenvalue weighted by Crippen LogP contribution is 2.07. The number of hydrogen-bond acceptors (Lipinski definition) is 4. The van der Waals surface area contributed by atoms with E-state index in [1.165, 1.54) is 12.1 Å². The van der Waals surface area contributed by atoms with Gasteiger partial charge < -0.3 is 4.74 Å². The third-order valence-corrected chi connectivity index (χ3v) is 1.12. The lowest BCUT2D eigenvalue weighted by molar-refractivity contribution is -0.128. The van der Waals surface area contributed by atoms with Crippen LogP contribution in [-0.2, 0) is 9.53 Å². The molecule has 0 heterocycles. The fraction of sp³-hybridized carbons (Fsp3) is 0.500. The van der Waals surface area contributed by atoms with Crippen molar-refractivity contribution < 1.29 is 9.53 Å². The van der Waals surface area contributed by atoms with Crippen LogP contribution in [0.25, 0.3) is 0 Å². The molecule has 0 aliphatic carbocycles. The molecule has 0 fully saturated rings. The van der Waals surface area contributed by atoms with Crippen molar-refractivity contribution in [3.63, 3.8) is 0 Å². The number of hydrogen-bond donors (Lipinski definition) is 0. The summed E-state index contributed by atoms with van der Waals surface area (Å²) in [6.07, 6.45) is 0. The van der Waals surface area contributed by atoms with E-state index in [-0.39, 0.29) is 0 Å². The summed E-state index contributed by atoms with van der Waals surface area (Å²) < 4.78 is 4.43. The van der Waals surface area contributed by atoms with Crippen LogP contribution >= 0.6 is 0 Å². The number of ketones is 1. The molecule has 0 aromatic rings. The molecule has 0 aromatic carbocycles. The van der Waals surface area contributed by atoms with Crippen LogP contribution in [0.5, 0.6) is 0 Å². The Bertz CT molecular complexity index is 207. The zero-order valence-electron chi connectivity index (χ0n) is 5.71. The molecule has 0 bridgehead atoms. The minimum absolute atomic E-state index is 0.597. The monoisotopic (exact) mass is 138 g/mol. The largest absolute Gasteiger partial charge is 0.346 e.